The van der Waals surface area contributed by atoms with E-state index in [9.17, 15) is 14.9 Å². The molecule has 33 heavy (non-hydrogen) atoms. The van der Waals surface area contributed by atoms with Crippen LogP contribution in [-0.4, -0.2) is 25.9 Å². The molecule has 5 rings (SSSR count). The Hall–Kier alpha value is -3.11. The van der Waals surface area contributed by atoms with Crippen LogP contribution in [-0.2, 0) is 22.4 Å². The van der Waals surface area contributed by atoms with Gasteiger partial charge in [0, 0.05) is 40.5 Å². The SMILES string of the molecule is COc1cccc(C2CC(=O)N(c3sc4c(c3C#N)CCCC4)C3=C2C(=O)CCC3)c1OC. The van der Waals surface area contributed by atoms with E-state index in [4.69, 9.17) is 9.47 Å². The van der Waals surface area contributed by atoms with Crippen LogP contribution in [0.5, 0.6) is 11.5 Å². The number of nitrogens with zero attached hydrogens (tertiary/aromatic N) is 2. The minimum absolute atomic E-state index is 0.0726. The van der Waals surface area contributed by atoms with Crippen molar-refractivity contribution >= 4 is 28.0 Å². The molecule has 1 amide bonds. The molecule has 170 valence electrons. The number of amides is 1. The van der Waals surface area contributed by atoms with E-state index in [0.717, 1.165) is 42.5 Å². The summed E-state index contributed by atoms with van der Waals surface area (Å²) >= 11 is 1.56. The number of ether oxygens (including phenoxy) is 2. The van der Waals surface area contributed by atoms with E-state index in [0.29, 0.717) is 46.9 Å². The van der Waals surface area contributed by atoms with E-state index in [-0.39, 0.29) is 24.0 Å². The number of hydrogen-bond acceptors (Lipinski definition) is 6. The zero-order valence-electron chi connectivity index (χ0n) is 18.9. The molecule has 0 bridgehead atoms. The van der Waals surface area contributed by atoms with E-state index in [1.807, 2.05) is 18.2 Å². The number of benzene rings is 1. The first-order chi connectivity index (χ1) is 16.1. The molecule has 2 heterocycles. The lowest BCUT2D eigenvalue weighted by molar-refractivity contribution is -0.119. The van der Waals surface area contributed by atoms with E-state index in [1.54, 1.807) is 30.5 Å². The third-order valence-electron chi connectivity index (χ3n) is 6.95. The van der Waals surface area contributed by atoms with Crippen LogP contribution in [0.25, 0.3) is 0 Å². The quantitative estimate of drug-likeness (QED) is 0.636. The van der Waals surface area contributed by atoms with Gasteiger partial charge in [-0.05, 0) is 50.2 Å². The highest BCUT2D eigenvalue weighted by atomic mass is 32.1. The van der Waals surface area contributed by atoms with Crippen molar-refractivity contribution in [2.75, 3.05) is 19.1 Å². The minimum Gasteiger partial charge on any atom is -0.493 e. The number of para-hydroxylation sites is 1. The maximum atomic E-state index is 13.7. The number of nitriles is 1. The van der Waals surface area contributed by atoms with Gasteiger partial charge in [-0.2, -0.15) is 5.26 Å². The second kappa shape index (κ2) is 8.68. The molecule has 0 saturated carbocycles. The third-order valence-corrected chi connectivity index (χ3v) is 8.23. The molecule has 1 aromatic carbocycles. The van der Waals surface area contributed by atoms with E-state index < -0.39 is 0 Å². The predicted octanol–water partition coefficient (Wildman–Crippen LogP) is 5.04. The lowest BCUT2D eigenvalue weighted by Crippen LogP contribution is -2.40. The molecule has 0 spiro atoms. The van der Waals surface area contributed by atoms with Crippen LogP contribution in [0.15, 0.2) is 29.5 Å². The average Bonchev–Trinajstić information content (AvgIpc) is 3.21. The Balaban J connectivity index is 1.69. The summed E-state index contributed by atoms with van der Waals surface area (Å²) in [7, 11) is 3.15. The highest BCUT2D eigenvalue weighted by Crippen LogP contribution is 2.50. The smallest absolute Gasteiger partial charge is 0.232 e. The summed E-state index contributed by atoms with van der Waals surface area (Å²) in [5.41, 5.74) is 3.94. The normalized spacial score (nSPS) is 20.3. The summed E-state index contributed by atoms with van der Waals surface area (Å²) in [6, 6.07) is 7.96. The Morgan fingerprint density at radius 2 is 1.88 bits per heavy atom. The van der Waals surface area contributed by atoms with Crippen molar-refractivity contribution in [1.29, 1.82) is 5.26 Å². The molecule has 7 heteroatoms. The predicted molar refractivity (Wildman–Crippen MR) is 126 cm³/mol. The zero-order valence-corrected chi connectivity index (χ0v) is 19.7. The molecule has 1 unspecified atom stereocenters. The number of carbonyl (C=O) groups is 2. The van der Waals surface area contributed by atoms with Crippen LogP contribution in [0.3, 0.4) is 0 Å². The summed E-state index contributed by atoms with van der Waals surface area (Å²) in [6.07, 6.45) is 5.97. The van der Waals surface area contributed by atoms with E-state index in [2.05, 4.69) is 6.07 Å². The van der Waals surface area contributed by atoms with Crippen molar-refractivity contribution in [3.63, 3.8) is 0 Å². The number of hydrogen-bond donors (Lipinski definition) is 0. The van der Waals surface area contributed by atoms with Crippen molar-refractivity contribution in [2.45, 2.75) is 57.3 Å². The Labute approximate surface area is 197 Å². The van der Waals surface area contributed by atoms with E-state index >= 15 is 0 Å². The fourth-order valence-corrected chi connectivity index (χ4v) is 6.89. The van der Waals surface area contributed by atoms with Gasteiger partial charge in [0.2, 0.25) is 5.91 Å². The number of aryl methyl sites for hydroxylation is 1. The van der Waals surface area contributed by atoms with Gasteiger partial charge in [0.1, 0.15) is 11.1 Å². The maximum absolute atomic E-state index is 13.7. The number of allylic oxidation sites excluding steroid dienone is 2. The number of fused-ring (bicyclic) bond motifs is 1. The fourth-order valence-electron chi connectivity index (χ4n) is 5.50. The monoisotopic (exact) mass is 462 g/mol. The first-order valence-corrected chi connectivity index (χ1v) is 12.2. The average molecular weight is 463 g/mol. The van der Waals surface area contributed by atoms with Crippen LogP contribution in [0.1, 0.15) is 66.0 Å². The maximum Gasteiger partial charge on any atom is 0.232 e. The van der Waals surface area contributed by atoms with Crippen LogP contribution >= 0.6 is 11.3 Å². The Bertz CT molecular complexity index is 1220. The van der Waals surface area contributed by atoms with Crippen molar-refractivity contribution < 1.29 is 19.1 Å². The second-order valence-corrected chi connectivity index (χ2v) is 9.79. The molecule has 3 aliphatic rings. The molecular weight excluding hydrogens is 436 g/mol. The molecule has 1 aromatic heterocycles. The highest BCUT2D eigenvalue weighted by Gasteiger charge is 2.42. The lowest BCUT2D eigenvalue weighted by Gasteiger charge is -2.38. The summed E-state index contributed by atoms with van der Waals surface area (Å²) in [6.45, 7) is 0. The molecular formula is C26H26N2O4S. The largest absolute Gasteiger partial charge is 0.493 e. The number of methoxy groups -OCH3 is 2. The van der Waals surface area contributed by atoms with Gasteiger partial charge in [0.25, 0.3) is 0 Å². The molecule has 0 N–H and O–H groups in total. The second-order valence-electron chi connectivity index (χ2n) is 8.71. The van der Waals surface area contributed by atoms with Crippen molar-refractivity contribution in [1.82, 2.24) is 0 Å². The summed E-state index contributed by atoms with van der Waals surface area (Å²) < 4.78 is 11.1. The molecule has 0 radical (unpaired) electrons. The minimum atomic E-state index is -0.387. The molecule has 2 aromatic rings. The first kappa shape index (κ1) is 21.7. The third kappa shape index (κ3) is 3.44. The molecule has 1 aliphatic heterocycles. The first-order valence-electron chi connectivity index (χ1n) is 11.4. The van der Waals surface area contributed by atoms with Gasteiger partial charge < -0.3 is 9.47 Å². The summed E-state index contributed by atoms with van der Waals surface area (Å²) in [4.78, 5) is 29.9. The number of Topliss-reactive ketones (excluding diaryl/α,β-unsaturated/α-hetero) is 1. The van der Waals surface area contributed by atoms with Gasteiger partial charge in [0.15, 0.2) is 17.3 Å². The number of rotatable bonds is 4. The fraction of sp³-hybridized carbons (Fsp3) is 0.423. The van der Waals surface area contributed by atoms with Gasteiger partial charge in [-0.1, -0.05) is 12.1 Å². The Morgan fingerprint density at radius 1 is 1.06 bits per heavy atom. The van der Waals surface area contributed by atoms with Gasteiger partial charge in [-0.15, -0.1) is 11.3 Å². The van der Waals surface area contributed by atoms with Crippen molar-refractivity contribution in [3.8, 4) is 17.6 Å². The topological polar surface area (TPSA) is 79.6 Å². The Morgan fingerprint density at radius 3 is 2.64 bits per heavy atom. The zero-order chi connectivity index (χ0) is 23.1. The van der Waals surface area contributed by atoms with Gasteiger partial charge in [-0.25, -0.2) is 0 Å². The van der Waals surface area contributed by atoms with Gasteiger partial charge in [0.05, 0.1) is 19.8 Å². The number of carbonyl (C=O) groups excluding carboxylic acids is 2. The molecule has 0 fully saturated rings. The highest BCUT2D eigenvalue weighted by molar-refractivity contribution is 7.16. The Kier molecular flexibility index (Phi) is 5.71. The number of anilines is 1. The summed E-state index contributed by atoms with van der Waals surface area (Å²) in [5, 5.41) is 10.7. The van der Waals surface area contributed by atoms with Crippen LogP contribution in [0.2, 0.25) is 0 Å². The number of ketones is 1. The molecule has 2 aliphatic carbocycles. The van der Waals surface area contributed by atoms with Gasteiger partial charge in [-0.3, -0.25) is 14.5 Å². The van der Waals surface area contributed by atoms with Crippen molar-refractivity contribution in [2.24, 2.45) is 0 Å². The number of thiophene rings is 1. The van der Waals surface area contributed by atoms with Crippen LogP contribution < -0.4 is 14.4 Å². The van der Waals surface area contributed by atoms with Crippen LogP contribution in [0, 0.1) is 11.3 Å². The standard InChI is InChI=1S/C26H26N2O4S/c1-31-21-11-5-8-16(25(21)32-2)17-13-23(30)28(19-9-6-10-20(29)24(17)19)26-18(14-27)15-7-3-4-12-22(15)33-26/h5,8,11,17H,3-4,6-7,9-10,12-13H2,1-2H3. The van der Waals surface area contributed by atoms with Crippen molar-refractivity contribution in [3.05, 3.63) is 51.0 Å². The molecule has 0 saturated heterocycles. The lowest BCUT2D eigenvalue weighted by atomic mass is 9.77. The molecule has 1 atom stereocenters. The van der Waals surface area contributed by atoms with Crippen LogP contribution in [0.4, 0.5) is 5.00 Å². The molecule has 6 nitrogen and oxygen atoms in total. The van der Waals surface area contributed by atoms with Gasteiger partial charge >= 0.3 is 0 Å². The van der Waals surface area contributed by atoms with E-state index in [1.165, 1.54) is 4.88 Å². The summed E-state index contributed by atoms with van der Waals surface area (Å²) in [5.74, 6) is 0.743.